The molecular weight excluding hydrogens is 446 g/mol. The first-order chi connectivity index (χ1) is 16.9. The molecule has 180 valence electrons. The molecule has 4 aromatic rings. The van der Waals surface area contributed by atoms with Crippen molar-refractivity contribution in [2.45, 2.75) is 32.7 Å². The second kappa shape index (κ2) is 8.13. The predicted molar refractivity (Wildman–Crippen MR) is 132 cm³/mol. The van der Waals surface area contributed by atoms with E-state index in [1.165, 1.54) is 0 Å². The molecule has 3 N–H and O–H groups in total. The molecule has 1 aliphatic heterocycles. The minimum Gasteiger partial charge on any atom is -0.378 e. The summed E-state index contributed by atoms with van der Waals surface area (Å²) >= 11 is 0. The van der Waals surface area contributed by atoms with Crippen molar-refractivity contribution in [3.8, 4) is 11.1 Å². The minimum atomic E-state index is -0.519. The van der Waals surface area contributed by atoms with Crippen LogP contribution in [-0.4, -0.2) is 58.9 Å². The van der Waals surface area contributed by atoms with Crippen LogP contribution in [0.3, 0.4) is 0 Å². The smallest absolute Gasteiger partial charge is 0.254 e. The molecule has 0 spiro atoms. The van der Waals surface area contributed by atoms with Crippen LogP contribution in [0, 0.1) is 13.8 Å². The molecule has 9 heteroatoms. The number of hydrogen-bond donors (Lipinski definition) is 2. The lowest BCUT2D eigenvalue weighted by Gasteiger charge is -2.26. The Balaban J connectivity index is 1.61. The fourth-order valence-electron chi connectivity index (χ4n) is 4.99. The molecule has 0 atom stereocenters. The average Bonchev–Trinajstić information content (AvgIpc) is 3.56. The van der Waals surface area contributed by atoms with Crippen LogP contribution in [0.25, 0.3) is 32.9 Å². The van der Waals surface area contributed by atoms with Gasteiger partial charge in [0.2, 0.25) is 0 Å². The summed E-state index contributed by atoms with van der Waals surface area (Å²) < 4.78 is 12.8. The SMILES string of the molecule is Cc1noc(C)c1-c1cc(C(N)=O)c2c(c1)c1cc(C(=O)N3CCOCC3)ccc1n2NC1CC1. The summed E-state index contributed by atoms with van der Waals surface area (Å²) in [4.78, 5) is 27.7. The highest BCUT2D eigenvalue weighted by Gasteiger charge is 2.27. The van der Waals surface area contributed by atoms with E-state index in [2.05, 4.69) is 10.6 Å². The summed E-state index contributed by atoms with van der Waals surface area (Å²) in [6.45, 7) is 5.95. The quantitative estimate of drug-likeness (QED) is 0.459. The van der Waals surface area contributed by atoms with E-state index < -0.39 is 5.91 Å². The van der Waals surface area contributed by atoms with Crippen LogP contribution in [0.15, 0.2) is 34.9 Å². The highest BCUT2D eigenvalue weighted by molar-refractivity contribution is 6.18. The number of nitrogens with one attached hydrogen (secondary N) is 1. The number of fused-ring (bicyclic) bond motifs is 3. The number of nitrogens with two attached hydrogens (primary N) is 1. The number of amides is 2. The van der Waals surface area contributed by atoms with Crippen LogP contribution in [0.1, 0.15) is 45.0 Å². The van der Waals surface area contributed by atoms with Gasteiger partial charge in [-0.3, -0.25) is 14.3 Å². The maximum atomic E-state index is 13.2. The van der Waals surface area contributed by atoms with E-state index in [-0.39, 0.29) is 5.91 Å². The molecule has 3 heterocycles. The highest BCUT2D eigenvalue weighted by atomic mass is 16.5. The van der Waals surface area contributed by atoms with E-state index in [1.54, 1.807) is 6.07 Å². The number of rotatable bonds is 5. The molecule has 2 amide bonds. The number of benzene rings is 2. The van der Waals surface area contributed by atoms with Gasteiger partial charge in [0.25, 0.3) is 11.8 Å². The van der Waals surface area contributed by atoms with Gasteiger partial charge in [0, 0.05) is 41.0 Å². The van der Waals surface area contributed by atoms with Crippen molar-refractivity contribution in [3.63, 3.8) is 0 Å². The third kappa shape index (κ3) is 3.63. The summed E-state index contributed by atoms with van der Waals surface area (Å²) in [5.41, 5.74) is 14.4. The van der Waals surface area contributed by atoms with Gasteiger partial charge < -0.3 is 25.3 Å². The van der Waals surface area contributed by atoms with Gasteiger partial charge in [-0.1, -0.05) is 5.16 Å². The maximum absolute atomic E-state index is 13.2. The molecule has 2 fully saturated rings. The van der Waals surface area contributed by atoms with Crippen LogP contribution in [0.4, 0.5) is 0 Å². The zero-order valence-corrected chi connectivity index (χ0v) is 19.8. The van der Waals surface area contributed by atoms with Crippen LogP contribution in [0.2, 0.25) is 0 Å². The molecule has 2 aliphatic rings. The largest absolute Gasteiger partial charge is 0.378 e. The van der Waals surface area contributed by atoms with Crippen molar-refractivity contribution in [1.82, 2.24) is 14.7 Å². The number of nitrogens with zero attached hydrogens (tertiary/aromatic N) is 3. The van der Waals surface area contributed by atoms with Crippen LogP contribution in [0.5, 0.6) is 0 Å². The molecule has 9 nitrogen and oxygen atoms in total. The van der Waals surface area contributed by atoms with E-state index >= 15 is 0 Å². The Morgan fingerprint density at radius 1 is 1.09 bits per heavy atom. The number of primary amides is 1. The minimum absolute atomic E-state index is 0.0248. The summed E-state index contributed by atoms with van der Waals surface area (Å²) in [7, 11) is 0. The third-order valence-electron chi connectivity index (χ3n) is 6.88. The summed E-state index contributed by atoms with van der Waals surface area (Å²) in [6.07, 6.45) is 2.13. The number of hydrogen-bond acceptors (Lipinski definition) is 6. The molecule has 35 heavy (non-hydrogen) atoms. The Labute approximate surface area is 201 Å². The topological polar surface area (TPSA) is 116 Å². The molecule has 2 aromatic carbocycles. The molecule has 2 aromatic heterocycles. The fraction of sp³-hybridized carbons (Fsp3) is 0.346. The Bertz CT molecular complexity index is 1470. The number of ether oxygens (including phenoxy) is 1. The normalized spacial score (nSPS) is 16.2. The van der Waals surface area contributed by atoms with Crippen LogP contribution in [-0.2, 0) is 4.74 Å². The fourth-order valence-corrected chi connectivity index (χ4v) is 4.99. The van der Waals surface area contributed by atoms with E-state index in [4.69, 9.17) is 15.0 Å². The van der Waals surface area contributed by atoms with Crippen LogP contribution >= 0.6 is 0 Å². The number of carbonyl (C=O) groups is 2. The molecule has 1 aliphatic carbocycles. The number of carbonyl (C=O) groups excluding carboxylic acids is 2. The van der Waals surface area contributed by atoms with E-state index in [9.17, 15) is 9.59 Å². The molecular formula is C26H27N5O4. The molecule has 6 rings (SSSR count). The van der Waals surface area contributed by atoms with Crippen molar-refractivity contribution in [2.75, 3.05) is 31.7 Å². The van der Waals surface area contributed by atoms with Gasteiger partial charge in [0.15, 0.2) is 0 Å². The molecule has 0 unspecified atom stereocenters. The molecule has 0 radical (unpaired) electrons. The zero-order valence-electron chi connectivity index (χ0n) is 19.8. The average molecular weight is 474 g/mol. The maximum Gasteiger partial charge on any atom is 0.254 e. The standard InChI is InChI=1S/C26H27N5O4/c1-14-23(15(2)35-29-14)17-12-20-19-11-16(26(33)30-7-9-34-10-8-30)3-6-22(19)31(28-18-4-5-18)24(20)21(13-17)25(27)32/h3,6,11-13,18,28H,4-5,7-10H2,1-2H3,(H2,27,32). The van der Waals surface area contributed by atoms with Crippen molar-refractivity contribution >= 4 is 33.6 Å². The lowest BCUT2D eigenvalue weighted by molar-refractivity contribution is 0.0303. The first kappa shape index (κ1) is 21.7. The first-order valence-electron chi connectivity index (χ1n) is 11.9. The molecule has 0 bridgehead atoms. The van der Waals surface area contributed by atoms with Crippen molar-refractivity contribution in [3.05, 3.63) is 52.9 Å². The van der Waals surface area contributed by atoms with Gasteiger partial charge >= 0.3 is 0 Å². The Hall–Kier alpha value is -3.85. The zero-order chi connectivity index (χ0) is 24.3. The second-order valence-electron chi connectivity index (χ2n) is 9.36. The van der Waals surface area contributed by atoms with Gasteiger partial charge in [-0.15, -0.1) is 0 Å². The van der Waals surface area contributed by atoms with Crippen molar-refractivity contribution < 1.29 is 18.8 Å². The molecule has 1 saturated heterocycles. The Morgan fingerprint density at radius 3 is 2.51 bits per heavy atom. The third-order valence-corrected chi connectivity index (χ3v) is 6.88. The molecule has 1 saturated carbocycles. The highest BCUT2D eigenvalue weighted by Crippen LogP contribution is 2.38. The van der Waals surface area contributed by atoms with Crippen LogP contribution < -0.4 is 11.2 Å². The summed E-state index contributed by atoms with van der Waals surface area (Å²) in [5, 5.41) is 5.80. The number of morpholine rings is 1. The predicted octanol–water partition coefficient (Wildman–Crippen LogP) is 3.34. The number of aryl methyl sites for hydroxylation is 2. The van der Waals surface area contributed by atoms with E-state index in [0.29, 0.717) is 54.7 Å². The van der Waals surface area contributed by atoms with Gasteiger partial charge in [0.05, 0.1) is 35.5 Å². The Morgan fingerprint density at radius 2 is 1.86 bits per heavy atom. The second-order valence-corrected chi connectivity index (χ2v) is 9.36. The Kier molecular flexibility index (Phi) is 5.03. The van der Waals surface area contributed by atoms with Crippen molar-refractivity contribution in [1.29, 1.82) is 0 Å². The van der Waals surface area contributed by atoms with Crippen molar-refractivity contribution in [2.24, 2.45) is 5.73 Å². The summed E-state index contributed by atoms with van der Waals surface area (Å²) in [6, 6.07) is 9.89. The number of aromatic nitrogens is 2. The first-order valence-corrected chi connectivity index (χ1v) is 11.9. The van der Waals surface area contributed by atoms with E-state index in [1.807, 2.05) is 47.7 Å². The van der Waals surface area contributed by atoms with Gasteiger partial charge in [-0.25, -0.2) is 0 Å². The monoisotopic (exact) mass is 473 g/mol. The van der Waals surface area contributed by atoms with Gasteiger partial charge in [-0.05, 0) is 62.6 Å². The van der Waals surface area contributed by atoms with Gasteiger partial charge in [0.1, 0.15) is 5.76 Å². The van der Waals surface area contributed by atoms with E-state index in [0.717, 1.165) is 46.0 Å². The van der Waals surface area contributed by atoms with Gasteiger partial charge in [-0.2, -0.15) is 0 Å². The lowest BCUT2D eigenvalue weighted by atomic mass is 9.97. The summed E-state index contributed by atoms with van der Waals surface area (Å²) in [5.74, 6) is 0.124. The lowest BCUT2D eigenvalue weighted by Crippen LogP contribution is -2.40.